The molecule has 2 aromatic carbocycles. The molecule has 3 heterocycles. The number of carbonyl (C=O) groups excluding carboxylic acids is 2. The van der Waals surface area contributed by atoms with Gasteiger partial charge in [0, 0.05) is 18.0 Å². The Kier molecular flexibility index (Phi) is 5.81. The molecule has 0 unspecified atom stereocenters. The van der Waals surface area contributed by atoms with Crippen LogP contribution in [0.25, 0.3) is 10.4 Å². The van der Waals surface area contributed by atoms with Crippen LogP contribution in [0, 0.1) is 0 Å². The van der Waals surface area contributed by atoms with Crippen molar-refractivity contribution in [3.63, 3.8) is 0 Å². The van der Waals surface area contributed by atoms with Crippen molar-refractivity contribution in [2.24, 2.45) is 0 Å². The Morgan fingerprint density at radius 1 is 0.939 bits per heavy atom. The molecule has 6 nitrogen and oxygen atoms in total. The molecule has 0 N–H and O–H groups in total. The molecule has 0 atom stereocenters. The van der Waals surface area contributed by atoms with Crippen molar-refractivity contribution >= 4 is 23.2 Å². The van der Waals surface area contributed by atoms with E-state index in [9.17, 15) is 9.59 Å². The van der Waals surface area contributed by atoms with Crippen molar-refractivity contribution in [2.75, 3.05) is 33.4 Å². The highest BCUT2D eigenvalue weighted by atomic mass is 32.1. The maximum Gasteiger partial charge on any atom is 0.316 e. The maximum atomic E-state index is 13.2. The van der Waals surface area contributed by atoms with Gasteiger partial charge in [0.1, 0.15) is 13.2 Å². The van der Waals surface area contributed by atoms with Crippen LogP contribution in [0.2, 0.25) is 0 Å². The molecule has 170 valence electrons. The summed E-state index contributed by atoms with van der Waals surface area (Å²) >= 11 is 1.47. The summed E-state index contributed by atoms with van der Waals surface area (Å²) in [4.78, 5) is 29.5. The number of nitrogens with zero attached hydrogens (tertiary/aromatic N) is 1. The van der Waals surface area contributed by atoms with Crippen molar-refractivity contribution in [3.05, 3.63) is 71.1 Å². The fourth-order valence-corrected chi connectivity index (χ4v) is 5.59. The number of methoxy groups -OCH3 is 1. The lowest BCUT2D eigenvalue weighted by Gasteiger charge is -2.40. The van der Waals surface area contributed by atoms with Crippen molar-refractivity contribution in [1.29, 1.82) is 0 Å². The molecule has 2 aliphatic rings. The summed E-state index contributed by atoms with van der Waals surface area (Å²) in [6, 6.07) is 19.4. The van der Waals surface area contributed by atoms with Crippen LogP contribution >= 0.6 is 11.3 Å². The van der Waals surface area contributed by atoms with Crippen LogP contribution in [-0.4, -0.2) is 50.2 Å². The Morgan fingerprint density at radius 2 is 1.67 bits per heavy atom. The molecule has 5 rings (SSSR count). The lowest BCUT2D eigenvalue weighted by atomic mass is 9.72. The van der Waals surface area contributed by atoms with Gasteiger partial charge in [-0.05, 0) is 54.3 Å². The summed E-state index contributed by atoms with van der Waals surface area (Å²) in [6.45, 7) is 2.09. The summed E-state index contributed by atoms with van der Waals surface area (Å²) in [5, 5.41) is 0. The molecule has 0 aliphatic carbocycles. The van der Waals surface area contributed by atoms with E-state index in [0.29, 0.717) is 44.0 Å². The number of piperidine rings is 1. The van der Waals surface area contributed by atoms with Crippen molar-refractivity contribution in [3.8, 4) is 21.9 Å². The van der Waals surface area contributed by atoms with Gasteiger partial charge in [-0.2, -0.15) is 0 Å². The van der Waals surface area contributed by atoms with Crippen LogP contribution in [0.1, 0.15) is 28.1 Å². The third-order valence-corrected chi connectivity index (χ3v) is 7.57. The summed E-state index contributed by atoms with van der Waals surface area (Å²) < 4.78 is 16.4. The van der Waals surface area contributed by atoms with E-state index in [1.54, 1.807) is 0 Å². The number of carbonyl (C=O) groups is 2. The highest BCUT2D eigenvalue weighted by Crippen LogP contribution is 2.39. The Balaban J connectivity index is 1.32. The molecule has 33 heavy (non-hydrogen) atoms. The second-order valence-corrected chi connectivity index (χ2v) is 9.34. The standard InChI is InChI=1S/C26H25NO5S/c1-30-25(29)26(19-5-3-2-4-6-19)11-13-27(14-12-26)24(28)23-10-9-22(33-23)18-7-8-20-21(17-18)32-16-15-31-20/h2-10,17H,11-16H2,1H3. The first-order valence-corrected chi connectivity index (χ1v) is 11.9. The molecule has 0 radical (unpaired) electrons. The van der Waals surface area contributed by atoms with Crippen LogP contribution in [0.5, 0.6) is 11.5 Å². The van der Waals surface area contributed by atoms with Gasteiger partial charge in [-0.1, -0.05) is 30.3 Å². The van der Waals surface area contributed by atoms with Crippen LogP contribution in [0.4, 0.5) is 0 Å². The maximum absolute atomic E-state index is 13.2. The summed E-state index contributed by atoms with van der Waals surface area (Å²) in [5.74, 6) is 1.24. The largest absolute Gasteiger partial charge is 0.486 e. The van der Waals surface area contributed by atoms with E-state index >= 15 is 0 Å². The van der Waals surface area contributed by atoms with Gasteiger partial charge < -0.3 is 19.1 Å². The minimum absolute atomic E-state index is 0.00433. The number of benzene rings is 2. The van der Waals surface area contributed by atoms with Gasteiger partial charge in [0.05, 0.1) is 17.4 Å². The number of hydrogen-bond acceptors (Lipinski definition) is 6. The zero-order chi connectivity index (χ0) is 22.8. The van der Waals surface area contributed by atoms with E-state index in [2.05, 4.69) is 0 Å². The molecule has 7 heteroatoms. The Hall–Kier alpha value is -3.32. The number of esters is 1. The SMILES string of the molecule is COC(=O)C1(c2ccccc2)CCN(C(=O)c2ccc(-c3ccc4c(c3)OCCO4)s2)CC1. The molecule has 1 saturated heterocycles. The highest BCUT2D eigenvalue weighted by Gasteiger charge is 2.44. The number of hydrogen-bond donors (Lipinski definition) is 0. The van der Waals surface area contributed by atoms with Gasteiger partial charge in [-0.3, -0.25) is 9.59 Å². The second-order valence-electron chi connectivity index (χ2n) is 8.25. The molecule has 1 amide bonds. The van der Waals surface area contributed by atoms with E-state index in [0.717, 1.165) is 27.5 Å². The van der Waals surface area contributed by atoms with Crippen LogP contribution in [0.3, 0.4) is 0 Å². The van der Waals surface area contributed by atoms with E-state index in [1.165, 1.54) is 18.4 Å². The van der Waals surface area contributed by atoms with Gasteiger partial charge in [0.2, 0.25) is 0 Å². The molecule has 2 aliphatic heterocycles. The second kappa shape index (κ2) is 8.90. The highest BCUT2D eigenvalue weighted by molar-refractivity contribution is 7.17. The first-order valence-electron chi connectivity index (χ1n) is 11.0. The minimum atomic E-state index is -0.710. The third-order valence-electron chi connectivity index (χ3n) is 6.45. The number of thiophene rings is 1. The molecule has 0 saturated carbocycles. The van der Waals surface area contributed by atoms with E-state index < -0.39 is 5.41 Å². The van der Waals surface area contributed by atoms with E-state index in [1.807, 2.05) is 65.6 Å². The van der Waals surface area contributed by atoms with Crippen LogP contribution in [-0.2, 0) is 14.9 Å². The van der Waals surface area contributed by atoms with Gasteiger partial charge in [0.25, 0.3) is 5.91 Å². The fraction of sp³-hybridized carbons (Fsp3) is 0.308. The minimum Gasteiger partial charge on any atom is -0.486 e. The molecule has 0 bridgehead atoms. The lowest BCUT2D eigenvalue weighted by molar-refractivity contribution is -0.149. The molecular formula is C26H25NO5S. The zero-order valence-electron chi connectivity index (χ0n) is 18.4. The Morgan fingerprint density at radius 3 is 2.39 bits per heavy atom. The topological polar surface area (TPSA) is 65.1 Å². The number of rotatable bonds is 4. The zero-order valence-corrected chi connectivity index (χ0v) is 19.2. The molecule has 0 spiro atoms. The molecule has 1 aromatic heterocycles. The third kappa shape index (κ3) is 3.97. The smallest absolute Gasteiger partial charge is 0.316 e. The Labute approximate surface area is 196 Å². The van der Waals surface area contributed by atoms with Crippen LogP contribution in [0.15, 0.2) is 60.7 Å². The predicted molar refractivity (Wildman–Crippen MR) is 126 cm³/mol. The summed E-state index contributed by atoms with van der Waals surface area (Å²) in [7, 11) is 1.43. The van der Waals surface area contributed by atoms with Gasteiger partial charge in [0.15, 0.2) is 11.5 Å². The Bertz CT molecular complexity index is 1160. The van der Waals surface area contributed by atoms with Crippen molar-refractivity contribution in [1.82, 2.24) is 4.90 Å². The quantitative estimate of drug-likeness (QED) is 0.532. The predicted octanol–water partition coefficient (Wildman–Crippen LogP) is 4.53. The molecule has 3 aromatic rings. The summed E-state index contributed by atoms with van der Waals surface area (Å²) in [5.41, 5.74) is 1.23. The number of amides is 1. The van der Waals surface area contributed by atoms with Gasteiger partial charge >= 0.3 is 5.97 Å². The van der Waals surface area contributed by atoms with Crippen molar-refractivity contribution in [2.45, 2.75) is 18.3 Å². The number of fused-ring (bicyclic) bond motifs is 1. The first kappa shape index (κ1) is 21.5. The lowest BCUT2D eigenvalue weighted by Crippen LogP contribution is -2.49. The molecular weight excluding hydrogens is 438 g/mol. The number of likely N-dealkylation sites (tertiary alicyclic amines) is 1. The van der Waals surface area contributed by atoms with Gasteiger partial charge in [-0.15, -0.1) is 11.3 Å². The summed E-state index contributed by atoms with van der Waals surface area (Å²) in [6.07, 6.45) is 1.08. The number of ether oxygens (including phenoxy) is 3. The van der Waals surface area contributed by atoms with E-state index in [4.69, 9.17) is 14.2 Å². The van der Waals surface area contributed by atoms with Crippen molar-refractivity contribution < 1.29 is 23.8 Å². The average Bonchev–Trinajstić information content (AvgIpc) is 3.38. The van der Waals surface area contributed by atoms with Gasteiger partial charge in [-0.25, -0.2) is 0 Å². The normalized spacial score (nSPS) is 16.8. The monoisotopic (exact) mass is 463 g/mol. The van der Waals surface area contributed by atoms with E-state index in [-0.39, 0.29) is 11.9 Å². The first-order chi connectivity index (χ1) is 16.1. The molecule has 1 fully saturated rings. The average molecular weight is 464 g/mol. The fourth-order valence-electron chi connectivity index (χ4n) is 4.62. The van der Waals surface area contributed by atoms with Crippen LogP contribution < -0.4 is 9.47 Å².